The Hall–Kier alpha value is -3.16. The summed E-state index contributed by atoms with van der Waals surface area (Å²) in [5, 5.41) is 9.09. The second-order valence-electron chi connectivity index (χ2n) is 6.88. The number of rotatable bonds is 4. The highest BCUT2D eigenvalue weighted by atomic mass is 16.4. The number of benzene rings is 1. The van der Waals surface area contributed by atoms with Crippen LogP contribution in [-0.2, 0) is 20.5 Å². The van der Waals surface area contributed by atoms with Gasteiger partial charge >= 0.3 is 11.7 Å². The Labute approximate surface area is 155 Å². The molecule has 142 valence electrons. The van der Waals surface area contributed by atoms with Crippen LogP contribution in [0.3, 0.4) is 0 Å². The Kier molecular flexibility index (Phi) is 4.98. The lowest BCUT2D eigenvalue weighted by molar-refractivity contribution is 0.0696. The molecule has 1 unspecified atom stereocenters. The Morgan fingerprint density at radius 2 is 1.89 bits per heavy atom. The molecular formula is C19H21N3O5. The molecule has 1 atom stereocenters. The van der Waals surface area contributed by atoms with E-state index in [9.17, 15) is 19.2 Å². The van der Waals surface area contributed by atoms with Crippen LogP contribution in [0.1, 0.15) is 32.8 Å². The summed E-state index contributed by atoms with van der Waals surface area (Å²) in [5.74, 6) is -1.11. The molecule has 2 aromatic rings. The number of carboxylic acids is 1. The van der Waals surface area contributed by atoms with Gasteiger partial charge < -0.3 is 10.0 Å². The predicted molar refractivity (Wildman–Crippen MR) is 98.0 cm³/mol. The largest absolute Gasteiger partial charge is 0.478 e. The molecule has 27 heavy (non-hydrogen) atoms. The van der Waals surface area contributed by atoms with Gasteiger partial charge in [-0.25, -0.2) is 9.59 Å². The summed E-state index contributed by atoms with van der Waals surface area (Å²) >= 11 is 0. The second-order valence-corrected chi connectivity index (χ2v) is 6.88. The molecule has 0 radical (unpaired) electrons. The molecule has 0 saturated carbocycles. The minimum absolute atomic E-state index is 0.0802. The molecule has 1 aliphatic rings. The van der Waals surface area contributed by atoms with Gasteiger partial charge in [0, 0.05) is 33.3 Å². The van der Waals surface area contributed by atoms with Crippen LogP contribution in [0, 0.1) is 5.92 Å². The summed E-state index contributed by atoms with van der Waals surface area (Å²) in [6, 6.07) is 7.98. The molecule has 3 rings (SSSR count). The number of hydrogen-bond acceptors (Lipinski definition) is 4. The van der Waals surface area contributed by atoms with Crippen LogP contribution in [0.25, 0.3) is 0 Å². The Balaban J connectivity index is 1.74. The van der Waals surface area contributed by atoms with E-state index < -0.39 is 17.2 Å². The van der Waals surface area contributed by atoms with Crippen molar-refractivity contribution < 1.29 is 14.7 Å². The van der Waals surface area contributed by atoms with Crippen molar-refractivity contribution in [3.05, 3.63) is 68.0 Å². The van der Waals surface area contributed by atoms with Crippen LogP contribution in [0.2, 0.25) is 0 Å². The number of hydrogen-bond donors (Lipinski definition) is 1. The maximum atomic E-state index is 12.8. The summed E-state index contributed by atoms with van der Waals surface area (Å²) in [6.45, 7) is 1.03. The first-order valence-electron chi connectivity index (χ1n) is 8.66. The van der Waals surface area contributed by atoms with Crippen LogP contribution >= 0.6 is 0 Å². The van der Waals surface area contributed by atoms with Gasteiger partial charge in [0.15, 0.2) is 0 Å². The van der Waals surface area contributed by atoms with E-state index in [0.29, 0.717) is 19.5 Å². The summed E-state index contributed by atoms with van der Waals surface area (Å²) in [6.07, 6.45) is 1.45. The van der Waals surface area contributed by atoms with E-state index in [1.165, 1.54) is 24.7 Å². The van der Waals surface area contributed by atoms with E-state index in [2.05, 4.69) is 0 Å². The quantitative estimate of drug-likeness (QED) is 0.843. The number of aromatic carboxylic acids is 1. The molecule has 1 saturated heterocycles. The van der Waals surface area contributed by atoms with Gasteiger partial charge in [0.1, 0.15) is 5.69 Å². The van der Waals surface area contributed by atoms with Gasteiger partial charge in [-0.15, -0.1) is 0 Å². The van der Waals surface area contributed by atoms with Gasteiger partial charge in [0.25, 0.3) is 11.5 Å². The average Bonchev–Trinajstić information content (AvgIpc) is 3.11. The predicted octanol–water partition coefficient (Wildman–Crippen LogP) is 0.487. The Bertz CT molecular complexity index is 1020. The highest BCUT2D eigenvalue weighted by Gasteiger charge is 2.29. The van der Waals surface area contributed by atoms with Gasteiger partial charge in [-0.2, -0.15) is 0 Å². The van der Waals surface area contributed by atoms with Gasteiger partial charge in [-0.1, -0.05) is 12.1 Å². The van der Waals surface area contributed by atoms with Gasteiger partial charge in [-0.05, 0) is 36.5 Å². The van der Waals surface area contributed by atoms with Crippen molar-refractivity contribution in [3.63, 3.8) is 0 Å². The highest BCUT2D eigenvalue weighted by Crippen LogP contribution is 2.22. The molecule has 8 nitrogen and oxygen atoms in total. The average molecular weight is 371 g/mol. The van der Waals surface area contributed by atoms with Crippen molar-refractivity contribution in [2.24, 2.45) is 20.0 Å². The van der Waals surface area contributed by atoms with Gasteiger partial charge in [0.2, 0.25) is 0 Å². The molecule has 0 bridgehead atoms. The second kappa shape index (κ2) is 7.22. The number of likely N-dealkylation sites (tertiary alicyclic amines) is 1. The number of carboxylic acid groups (broad SMARTS) is 1. The van der Waals surface area contributed by atoms with Crippen molar-refractivity contribution in [2.75, 3.05) is 13.1 Å². The molecule has 0 spiro atoms. The molecule has 1 aromatic carbocycles. The van der Waals surface area contributed by atoms with Crippen molar-refractivity contribution >= 4 is 11.9 Å². The molecular weight excluding hydrogens is 350 g/mol. The summed E-state index contributed by atoms with van der Waals surface area (Å²) in [4.78, 5) is 49.4. The molecule has 1 aromatic heterocycles. The lowest BCUT2D eigenvalue weighted by Gasteiger charge is -2.18. The monoisotopic (exact) mass is 371 g/mol. The number of carbonyl (C=O) groups excluding carboxylic acids is 1. The molecule has 1 aliphatic heterocycles. The summed E-state index contributed by atoms with van der Waals surface area (Å²) < 4.78 is 2.15. The van der Waals surface area contributed by atoms with Crippen molar-refractivity contribution in [2.45, 2.75) is 12.8 Å². The smallest absolute Gasteiger partial charge is 0.335 e. The topological polar surface area (TPSA) is 102 Å². The number of nitrogens with zero attached hydrogens (tertiary/aromatic N) is 3. The number of carbonyl (C=O) groups is 2. The lowest BCUT2D eigenvalue weighted by Crippen LogP contribution is -2.42. The maximum Gasteiger partial charge on any atom is 0.335 e. The van der Waals surface area contributed by atoms with Crippen LogP contribution in [-0.4, -0.2) is 44.1 Å². The van der Waals surface area contributed by atoms with Gasteiger partial charge in [-0.3, -0.25) is 18.7 Å². The van der Waals surface area contributed by atoms with Crippen molar-refractivity contribution in [1.82, 2.24) is 14.0 Å². The Morgan fingerprint density at radius 3 is 2.59 bits per heavy atom. The van der Waals surface area contributed by atoms with E-state index in [1.807, 2.05) is 6.07 Å². The van der Waals surface area contributed by atoms with Crippen molar-refractivity contribution in [1.29, 1.82) is 0 Å². The lowest BCUT2D eigenvalue weighted by atomic mass is 9.97. The van der Waals surface area contributed by atoms with E-state index in [0.717, 1.165) is 16.6 Å². The minimum atomic E-state index is -0.966. The first-order valence-corrected chi connectivity index (χ1v) is 8.66. The Morgan fingerprint density at radius 1 is 1.15 bits per heavy atom. The third kappa shape index (κ3) is 3.69. The SMILES string of the molecule is Cn1c(C(=O)N2CCC(Cc3cccc(C(=O)O)c3)C2)cc(=O)n(C)c1=O. The van der Waals surface area contributed by atoms with E-state index >= 15 is 0 Å². The van der Waals surface area contributed by atoms with E-state index in [1.54, 1.807) is 23.1 Å². The molecule has 1 fully saturated rings. The molecule has 1 amide bonds. The molecule has 0 aliphatic carbocycles. The summed E-state index contributed by atoms with van der Waals surface area (Å²) in [7, 11) is 2.84. The fourth-order valence-corrected chi connectivity index (χ4v) is 3.45. The zero-order valence-corrected chi connectivity index (χ0v) is 15.2. The number of aromatic nitrogens is 2. The fraction of sp³-hybridized carbons (Fsp3) is 0.368. The number of amides is 1. The first-order chi connectivity index (χ1) is 12.8. The minimum Gasteiger partial charge on any atom is -0.478 e. The van der Waals surface area contributed by atoms with E-state index in [4.69, 9.17) is 5.11 Å². The van der Waals surface area contributed by atoms with Crippen molar-refractivity contribution in [3.8, 4) is 0 Å². The maximum absolute atomic E-state index is 12.8. The van der Waals surface area contributed by atoms with Gasteiger partial charge in [0.05, 0.1) is 5.56 Å². The van der Waals surface area contributed by atoms with Crippen LogP contribution < -0.4 is 11.2 Å². The highest BCUT2D eigenvalue weighted by molar-refractivity contribution is 5.92. The molecule has 8 heteroatoms. The van der Waals surface area contributed by atoms with E-state index in [-0.39, 0.29) is 23.1 Å². The fourth-order valence-electron chi connectivity index (χ4n) is 3.45. The van der Waals surface area contributed by atoms with Crippen LogP contribution in [0.5, 0.6) is 0 Å². The molecule has 2 heterocycles. The van der Waals surface area contributed by atoms with Crippen LogP contribution in [0.15, 0.2) is 39.9 Å². The zero-order valence-electron chi connectivity index (χ0n) is 15.2. The molecule has 1 N–H and O–H groups in total. The summed E-state index contributed by atoms with van der Waals surface area (Å²) in [5.41, 5.74) is 0.190. The van der Waals surface area contributed by atoms with Crippen LogP contribution in [0.4, 0.5) is 0 Å². The normalized spacial score (nSPS) is 16.5. The standard InChI is InChI=1S/C19H21N3O5/c1-20-15(10-16(23)21(2)19(20)27)17(24)22-7-6-13(11-22)8-12-4-3-5-14(9-12)18(25)26/h3-5,9-10,13H,6-8,11H2,1-2H3,(H,25,26). The third-order valence-electron chi connectivity index (χ3n) is 5.02. The third-order valence-corrected chi connectivity index (χ3v) is 5.02. The zero-order chi connectivity index (χ0) is 19.7. The first kappa shape index (κ1) is 18.6.